The number of nitro groups is 1. The molecule has 0 atom stereocenters. The summed E-state index contributed by atoms with van der Waals surface area (Å²) in [6.07, 6.45) is 1.05. The third kappa shape index (κ3) is 3.91. The van der Waals surface area contributed by atoms with Crippen LogP contribution >= 0.6 is 23.3 Å². The van der Waals surface area contributed by atoms with Gasteiger partial charge < -0.3 is 5.32 Å². The first-order valence-electron chi connectivity index (χ1n) is 6.13. The van der Waals surface area contributed by atoms with Crippen molar-refractivity contribution in [3.05, 3.63) is 40.1 Å². The first-order chi connectivity index (χ1) is 9.70. The fourth-order valence-corrected chi connectivity index (χ4v) is 3.02. The number of thioether (sulfide) groups is 1. The van der Waals surface area contributed by atoms with Crippen molar-refractivity contribution in [2.75, 3.05) is 11.9 Å². The largest absolute Gasteiger partial charge is 0.374 e. The van der Waals surface area contributed by atoms with Gasteiger partial charge in [0.1, 0.15) is 10.7 Å². The zero-order valence-corrected chi connectivity index (χ0v) is 12.5. The summed E-state index contributed by atoms with van der Waals surface area (Å²) in [7, 11) is 0. The molecule has 8 heteroatoms. The van der Waals surface area contributed by atoms with Crippen LogP contribution in [0.25, 0.3) is 0 Å². The SMILES string of the molecule is CCCNc1snnc1CSc1ccc([N+](=O)[O-])cc1. The van der Waals surface area contributed by atoms with Crippen LogP contribution in [0.15, 0.2) is 29.2 Å². The van der Waals surface area contributed by atoms with E-state index in [0.29, 0.717) is 5.75 Å². The summed E-state index contributed by atoms with van der Waals surface area (Å²) in [5.74, 6) is 0.695. The Hall–Kier alpha value is -1.67. The number of non-ortho nitro benzene ring substituents is 1. The number of aromatic nitrogens is 2. The number of nitrogens with one attached hydrogen (secondary N) is 1. The Morgan fingerprint density at radius 3 is 2.80 bits per heavy atom. The first kappa shape index (κ1) is 14.7. The lowest BCUT2D eigenvalue weighted by atomic mass is 10.3. The van der Waals surface area contributed by atoms with Crippen LogP contribution < -0.4 is 5.32 Å². The zero-order chi connectivity index (χ0) is 14.4. The van der Waals surface area contributed by atoms with Crippen molar-refractivity contribution >= 4 is 34.0 Å². The lowest BCUT2D eigenvalue weighted by Gasteiger charge is -2.03. The summed E-state index contributed by atoms with van der Waals surface area (Å²) in [6.45, 7) is 3.01. The molecule has 20 heavy (non-hydrogen) atoms. The maximum atomic E-state index is 10.6. The monoisotopic (exact) mass is 310 g/mol. The van der Waals surface area contributed by atoms with E-state index in [9.17, 15) is 10.1 Å². The third-order valence-electron chi connectivity index (χ3n) is 2.51. The minimum absolute atomic E-state index is 0.106. The van der Waals surface area contributed by atoms with E-state index in [1.807, 2.05) is 0 Å². The molecule has 1 aromatic heterocycles. The maximum absolute atomic E-state index is 10.6. The van der Waals surface area contributed by atoms with Crippen LogP contribution in [-0.2, 0) is 5.75 Å². The number of benzene rings is 1. The van der Waals surface area contributed by atoms with E-state index < -0.39 is 4.92 Å². The number of nitro benzene ring substituents is 1. The minimum atomic E-state index is -0.397. The van der Waals surface area contributed by atoms with Gasteiger partial charge in [0.25, 0.3) is 5.69 Å². The van der Waals surface area contributed by atoms with E-state index in [1.165, 1.54) is 23.7 Å². The molecule has 0 aliphatic heterocycles. The Balaban J connectivity index is 1.94. The van der Waals surface area contributed by atoms with E-state index in [1.54, 1.807) is 23.9 Å². The molecular weight excluding hydrogens is 296 g/mol. The zero-order valence-electron chi connectivity index (χ0n) is 10.9. The van der Waals surface area contributed by atoms with E-state index in [2.05, 4.69) is 21.8 Å². The van der Waals surface area contributed by atoms with Crippen LogP contribution in [0.4, 0.5) is 10.7 Å². The highest BCUT2D eigenvalue weighted by atomic mass is 32.2. The Morgan fingerprint density at radius 1 is 1.40 bits per heavy atom. The summed E-state index contributed by atoms with van der Waals surface area (Å²) >= 11 is 2.94. The molecule has 0 spiro atoms. The molecule has 6 nitrogen and oxygen atoms in total. The van der Waals surface area contributed by atoms with Crippen LogP contribution in [0.2, 0.25) is 0 Å². The minimum Gasteiger partial charge on any atom is -0.374 e. The second-order valence-electron chi connectivity index (χ2n) is 4.02. The average Bonchev–Trinajstić information content (AvgIpc) is 2.90. The molecule has 0 aliphatic rings. The molecule has 0 fully saturated rings. The summed E-state index contributed by atoms with van der Waals surface area (Å²) in [5.41, 5.74) is 1.03. The topological polar surface area (TPSA) is 81.0 Å². The number of hydrogen-bond donors (Lipinski definition) is 1. The Morgan fingerprint density at radius 2 is 2.15 bits per heavy atom. The van der Waals surface area contributed by atoms with E-state index in [-0.39, 0.29) is 5.69 Å². The molecule has 1 heterocycles. The van der Waals surface area contributed by atoms with Crippen molar-refractivity contribution in [2.24, 2.45) is 0 Å². The molecule has 2 aromatic rings. The molecule has 106 valence electrons. The van der Waals surface area contributed by atoms with Crippen LogP contribution in [-0.4, -0.2) is 21.1 Å². The molecule has 0 amide bonds. The van der Waals surface area contributed by atoms with Crippen LogP contribution in [0.1, 0.15) is 19.0 Å². The van der Waals surface area contributed by atoms with Crippen molar-refractivity contribution in [1.82, 2.24) is 9.59 Å². The first-order valence-corrected chi connectivity index (χ1v) is 7.89. The van der Waals surface area contributed by atoms with Crippen molar-refractivity contribution in [1.29, 1.82) is 0 Å². The lowest BCUT2D eigenvalue weighted by Crippen LogP contribution is -2.00. The fraction of sp³-hybridized carbons (Fsp3) is 0.333. The quantitative estimate of drug-likeness (QED) is 0.478. The average molecular weight is 310 g/mol. The summed E-state index contributed by atoms with van der Waals surface area (Å²) < 4.78 is 3.95. The smallest absolute Gasteiger partial charge is 0.269 e. The maximum Gasteiger partial charge on any atom is 0.269 e. The predicted molar refractivity (Wildman–Crippen MR) is 81.3 cm³/mol. The Bertz CT molecular complexity index is 571. The van der Waals surface area contributed by atoms with Gasteiger partial charge in [-0.1, -0.05) is 11.4 Å². The van der Waals surface area contributed by atoms with Crippen molar-refractivity contribution in [3.8, 4) is 0 Å². The molecule has 0 saturated carbocycles. The van der Waals surface area contributed by atoms with Crippen molar-refractivity contribution in [3.63, 3.8) is 0 Å². The number of rotatable bonds is 7. The van der Waals surface area contributed by atoms with Gasteiger partial charge in [-0.15, -0.1) is 16.9 Å². The van der Waals surface area contributed by atoms with Gasteiger partial charge in [-0.05, 0) is 18.6 Å². The third-order valence-corrected chi connectivity index (χ3v) is 4.26. The standard InChI is InChI=1S/C12H14N4O2S2/c1-2-7-13-12-11(14-15-20-12)8-19-10-5-3-9(4-6-10)16(17)18/h3-6,13H,2,7-8H2,1H3. The van der Waals surface area contributed by atoms with Gasteiger partial charge in [-0.2, -0.15) is 0 Å². The lowest BCUT2D eigenvalue weighted by molar-refractivity contribution is -0.384. The fourth-order valence-electron chi connectivity index (χ4n) is 1.49. The summed E-state index contributed by atoms with van der Waals surface area (Å²) in [4.78, 5) is 11.2. The molecule has 1 aromatic carbocycles. The number of hydrogen-bond acceptors (Lipinski definition) is 7. The van der Waals surface area contributed by atoms with Crippen LogP contribution in [0.3, 0.4) is 0 Å². The van der Waals surface area contributed by atoms with Gasteiger partial charge in [-0.3, -0.25) is 10.1 Å². The Labute approximate surface area is 124 Å². The highest BCUT2D eigenvalue weighted by molar-refractivity contribution is 7.98. The second kappa shape index (κ2) is 7.20. The summed E-state index contributed by atoms with van der Waals surface area (Å²) in [5, 5.41) is 19.0. The van der Waals surface area contributed by atoms with Crippen molar-refractivity contribution in [2.45, 2.75) is 24.0 Å². The summed E-state index contributed by atoms with van der Waals surface area (Å²) in [6, 6.07) is 6.53. The molecule has 0 saturated heterocycles. The van der Waals surface area contributed by atoms with E-state index in [0.717, 1.165) is 28.6 Å². The molecular formula is C12H14N4O2S2. The van der Waals surface area contributed by atoms with Gasteiger partial charge in [0.15, 0.2) is 0 Å². The van der Waals surface area contributed by atoms with Gasteiger partial charge in [0.05, 0.1) is 4.92 Å². The molecule has 0 aliphatic carbocycles. The van der Waals surface area contributed by atoms with Crippen LogP contribution in [0, 0.1) is 10.1 Å². The van der Waals surface area contributed by atoms with Crippen molar-refractivity contribution < 1.29 is 4.92 Å². The van der Waals surface area contributed by atoms with E-state index >= 15 is 0 Å². The molecule has 0 bridgehead atoms. The van der Waals surface area contributed by atoms with Gasteiger partial charge in [-0.25, -0.2) is 0 Å². The highest BCUT2D eigenvalue weighted by Gasteiger charge is 2.09. The normalized spacial score (nSPS) is 10.4. The molecule has 1 N–H and O–H groups in total. The van der Waals surface area contributed by atoms with Gasteiger partial charge in [0.2, 0.25) is 0 Å². The molecule has 2 rings (SSSR count). The number of anilines is 1. The Kier molecular flexibility index (Phi) is 5.31. The van der Waals surface area contributed by atoms with Gasteiger partial charge in [0, 0.05) is 40.9 Å². The van der Waals surface area contributed by atoms with E-state index in [4.69, 9.17) is 0 Å². The van der Waals surface area contributed by atoms with Gasteiger partial charge >= 0.3 is 0 Å². The predicted octanol–water partition coefficient (Wildman–Crippen LogP) is 3.56. The molecule has 0 radical (unpaired) electrons. The number of nitrogens with zero attached hydrogens (tertiary/aromatic N) is 3. The second-order valence-corrected chi connectivity index (χ2v) is 5.82. The van der Waals surface area contributed by atoms with Crippen LogP contribution in [0.5, 0.6) is 0 Å². The molecule has 0 unspecified atom stereocenters. The highest BCUT2D eigenvalue weighted by Crippen LogP contribution is 2.28.